The fraction of sp³-hybridized carbons (Fsp3) is 0.786. The summed E-state index contributed by atoms with van der Waals surface area (Å²) in [6.45, 7) is 2.22. The van der Waals surface area contributed by atoms with Crippen molar-refractivity contribution in [3.63, 3.8) is 0 Å². The van der Waals surface area contributed by atoms with Crippen LogP contribution in [0.15, 0.2) is 12.3 Å². The van der Waals surface area contributed by atoms with Gasteiger partial charge < -0.3 is 5.11 Å². The molecule has 0 saturated carbocycles. The Hall–Kier alpha value is -0.830. The van der Waals surface area contributed by atoms with Crippen LogP contribution in [0.1, 0.15) is 57.6 Å². The van der Waals surface area contributed by atoms with Crippen molar-refractivity contribution in [1.29, 1.82) is 0 Å². The van der Waals surface area contributed by atoms with E-state index in [1.807, 2.05) is 24.0 Å². The summed E-state index contributed by atoms with van der Waals surface area (Å²) in [7, 11) is 1.95. The Balaban J connectivity index is 2.05. The number of rotatable bonds is 9. The van der Waals surface area contributed by atoms with Crippen LogP contribution in [-0.4, -0.2) is 21.0 Å². The van der Waals surface area contributed by atoms with E-state index < -0.39 is 0 Å². The van der Waals surface area contributed by atoms with Gasteiger partial charge in [0.15, 0.2) is 0 Å². The Kier molecular flexibility index (Phi) is 6.94. The average molecular weight is 238 g/mol. The molecule has 0 amide bonds. The highest BCUT2D eigenvalue weighted by atomic mass is 16.3. The van der Waals surface area contributed by atoms with E-state index in [2.05, 4.69) is 12.0 Å². The number of unbranched alkanes of at least 4 members (excludes halogenated alkanes) is 4. The quantitative estimate of drug-likeness (QED) is 0.671. The lowest BCUT2D eigenvalue weighted by Crippen LogP contribution is -2.09. The molecule has 0 aromatic carbocycles. The minimum atomic E-state index is -0.147. The second-order valence-electron chi connectivity index (χ2n) is 4.84. The van der Waals surface area contributed by atoms with Crippen LogP contribution in [0.2, 0.25) is 0 Å². The summed E-state index contributed by atoms with van der Waals surface area (Å²) in [5, 5.41) is 14.0. The topological polar surface area (TPSA) is 38.1 Å². The molecule has 1 aromatic rings. The summed E-state index contributed by atoms with van der Waals surface area (Å²) in [5.41, 5.74) is 1.20. The summed E-state index contributed by atoms with van der Waals surface area (Å²) in [6, 6.07) is 2.02. The van der Waals surface area contributed by atoms with Crippen molar-refractivity contribution in [1.82, 2.24) is 9.78 Å². The first-order chi connectivity index (χ1) is 8.24. The Morgan fingerprint density at radius 2 is 2.00 bits per heavy atom. The third-order valence-electron chi connectivity index (χ3n) is 3.30. The molecular formula is C14H26N2O. The molecule has 0 fully saturated rings. The molecule has 0 aliphatic heterocycles. The van der Waals surface area contributed by atoms with Crippen LogP contribution in [0.3, 0.4) is 0 Å². The van der Waals surface area contributed by atoms with Gasteiger partial charge in [-0.05, 0) is 25.3 Å². The molecule has 1 unspecified atom stereocenters. The molecule has 3 heteroatoms. The molecule has 0 aliphatic carbocycles. The molecule has 1 aromatic heterocycles. The summed E-state index contributed by atoms with van der Waals surface area (Å²) < 4.78 is 1.88. The Bertz CT molecular complexity index is 296. The van der Waals surface area contributed by atoms with Crippen LogP contribution >= 0.6 is 0 Å². The molecule has 98 valence electrons. The summed E-state index contributed by atoms with van der Waals surface area (Å²) >= 11 is 0. The van der Waals surface area contributed by atoms with E-state index in [9.17, 15) is 5.11 Å². The molecule has 0 aliphatic rings. The molecule has 1 atom stereocenters. The number of nitrogens with zero attached hydrogens (tertiary/aromatic N) is 2. The normalized spacial score (nSPS) is 12.9. The van der Waals surface area contributed by atoms with Gasteiger partial charge in [-0.3, -0.25) is 4.68 Å². The monoisotopic (exact) mass is 238 g/mol. The van der Waals surface area contributed by atoms with E-state index >= 15 is 0 Å². The fourth-order valence-electron chi connectivity index (χ4n) is 2.09. The molecule has 0 saturated heterocycles. The molecule has 1 N–H and O–H groups in total. The van der Waals surface area contributed by atoms with Crippen LogP contribution in [-0.2, 0) is 13.5 Å². The van der Waals surface area contributed by atoms with Gasteiger partial charge in [0.05, 0.1) is 6.10 Å². The standard InChI is InChI=1S/C14H26N2O/c1-3-4-5-6-7-8-14(17)10-9-13-11-12-15-16(13)2/h11-12,14,17H,3-10H2,1-2H3. The minimum absolute atomic E-state index is 0.147. The van der Waals surface area contributed by atoms with Gasteiger partial charge in [-0.1, -0.05) is 39.0 Å². The van der Waals surface area contributed by atoms with Crippen molar-refractivity contribution in [2.45, 2.75) is 64.4 Å². The zero-order chi connectivity index (χ0) is 12.5. The molecular weight excluding hydrogens is 212 g/mol. The van der Waals surface area contributed by atoms with Crippen LogP contribution in [0.4, 0.5) is 0 Å². The first kappa shape index (κ1) is 14.2. The molecule has 0 radical (unpaired) electrons. The molecule has 0 bridgehead atoms. The third-order valence-corrected chi connectivity index (χ3v) is 3.30. The van der Waals surface area contributed by atoms with Crippen LogP contribution in [0, 0.1) is 0 Å². The van der Waals surface area contributed by atoms with Gasteiger partial charge in [-0.25, -0.2) is 0 Å². The molecule has 3 nitrogen and oxygen atoms in total. The highest BCUT2D eigenvalue weighted by Crippen LogP contribution is 2.11. The van der Waals surface area contributed by atoms with Gasteiger partial charge in [0.2, 0.25) is 0 Å². The number of aryl methyl sites for hydroxylation is 2. The van der Waals surface area contributed by atoms with Crippen molar-refractivity contribution in [2.24, 2.45) is 7.05 Å². The average Bonchev–Trinajstić information content (AvgIpc) is 2.72. The number of aromatic nitrogens is 2. The van der Waals surface area contributed by atoms with Crippen LogP contribution in [0.5, 0.6) is 0 Å². The Morgan fingerprint density at radius 1 is 1.24 bits per heavy atom. The van der Waals surface area contributed by atoms with Crippen molar-refractivity contribution in [3.8, 4) is 0 Å². The van der Waals surface area contributed by atoms with Gasteiger partial charge in [0.1, 0.15) is 0 Å². The van der Waals surface area contributed by atoms with E-state index in [-0.39, 0.29) is 6.10 Å². The van der Waals surface area contributed by atoms with E-state index in [1.54, 1.807) is 0 Å². The number of hydrogen-bond donors (Lipinski definition) is 1. The van der Waals surface area contributed by atoms with Gasteiger partial charge in [-0.2, -0.15) is 5.10 Å². The lowest BCUT2D eigenvalue weighted by atomic mass is 10.0. The van der Waals surface area contributed by atoms with E-state index in [4.69, 9.17) is 0 Å². The van der Waals surface area contributed by atoms with Gasteiger partial charge in [0.25, 0.3) is 0 Å². The van der Waals surface area contributed by atoms with Gasteiger partial charge >= 0.3 is 0 Å². The molecule has 1 rings (SSSR count). The summed E-state index contributed by atoms with van der Waals surface area (Å²) in [6.07, 6.45) is 10.7. The number of aliphatic hydroxyl groups is 1. The van der Waals surface area contributed by atoms with E-state index in [0.717, 1.165) is 25.7 Å². The lowest BCUT2D eigenvalue weighted by Gasteiger charge is -2.10. The second-order valence-corrected chi connectivity index (χ2v) is 4.84. The number of hydrogen-bond acceptors (Lipinski definition) is 2. The largest absolute Gasteiger partial charge is 0.393 e. The SMILES string of the molecule is CCCCCCCC(O)CCc1ccnn1C. The first-order valence-corrected chi connectivity index (χ1v) is 6.89. The van der Waals surface area contributed by atoms with Gasteiger partial charge in [-0.15, -0.1) is 0 Å². The summed E-state index contributed by atoms with van der Waals surface area (Å²) in [4.78, 5) is 0. The molecule has 17 heavy (non-hydrogen) atoms. The van der Waals surface area contributed by atoms with Crippen molar-refractivity contribution in [2.75, 3.05) is 0 Å². The van der Waals surface area contributed by atoms with E-state index in [0.29, 0.717) is 0 Å². The smallest absolute Gasteiger partial charge is 0.0544 e. The van der Waals surface area contributed by atoms with Crippen molar-refractivity contribution < 1.29 is 5.11 Å². The zero-order valence-electron chi connectivity index (χ0n) is 11.2. The molecule has 0 spiro atoms. The fourth-order valence-corrected chi connectivity index (χ4v) is 2.09. The van der Waals surface area contributed by atoms with Crippen molar-refractivity contribution >= 4 is 0 Å². The minimum Gasteiger partial charge on any atom is -0.393 e. The maximum absolute atomic E-state index is 9.87. The number of aliphatic hydroxyl groups excluding tert-OH is 1. The van der Waals surface area contributed by atoms with Crippen LogP contribution < -0.4 is 0 Å². The summed E-state index contributed by atoms with van der Waals surface area (Å²) in [5.74, 6) is 0. The maximum atomic E-state index is 9.87. The second kappa shape index (κ2) is 8.29. The lowest BCUT2D eigenvalue weighted by molar-refractivity contribution is 0.150. The highest BCUT2D eigenvalue weighted by molar-refractivity contribution is 4.99. The predicted octanol–water partition coefficient (Wildman–Crippen LogP) is 3.07. The first-order valence-electron chi connectivity index (χ1n) is 6.89. The van der Waals surface area contributed by atoms with Crippen molar-refractivity contribution in [3.05, 3.63) is 18.0 Å². The maximum Gasteiger partial charge on any atom is 0.0544 e. The zero-order valence-corrected chi connectivity index (χ0v) is 11.2. The molecule has 1 heterocycles. The van der Waals surface area contributed by atoms with Gasteiger partial charge in [0, 0.05) is 18.9 Å². The Morgan fingerprint density at radius 3 is 2.65 bits per heavy atom. The predicted molar refractivity (Wildman–Crippen MR) is 70.9 cm³/mol. The Labute approximate surface area is 105 Å². The van der Waals surface area contributed by atoms with E-state index in [1.165, 1.54) is 31.4 Å². The highest BCUT2D eigenvalue weighted by Gasteiger charge is 2.06. The van der Waals surface area contributed by atoms with Crippen LogP contribution in [0.25, 0.3) is 0 Å². The third kappa shape index (κ3) is 5.87.